The summed E-state index contributed by atoms with van der Waals surface area (Å²) < 4.78 is 1.65. The fraction of sp³-hybridized carbons (Fsp3) is 0.375. The number of nitriles is 1. The van der Waals surface area contributed by atoms with Gasteiger partial charge in [0.1, 0.15) is 11.6 Å². The van der Waals surface area contributed by atoms with Gasteiger partial charge in [-0.1, -0.05) is 26.0 Å². The molecular formula is C24H28N6O2. The van der Waals surface area contributed by atoms with Gasteiger partial charge >= 0.3 is 0 Å². The zero-order chi connectivity index (χ0) is 23.3. The van der Waals surface area contributed by atoms with Gasteiger partial charge in [0.2, 0.25) is 11.8 Å². The molecule has 2 heterocycles. The first-order valence-electron chi connectivity index (χ1n) is 10.7. The molecule has 3 aromatic rings. The number of carbonyl (C=O) groups excluding carboxylic acids is 2. The summed E-state index contributed by atoms with van der Waals surface area (Å²) >= 11 is 0. The van der Waals surface area contributed by atoms with Crippen molar-refractivity contribution in [3.05, 3.63) is 58.5 Å². The van der Waals surface area contributed by atoms with E-state index in [-0.39, 0.29) is 17.7 Å². The van der Waals surface area contributed by atoms with E-state index in [1.807, 2.05) is 52.0 Å². The summed E-state index contributed by atoms with van der Waals surface area (Å²) in [5, 5.41) is 19.3. The molecule has 1 aromatic carbocycles. The number of benzene rings is 1. The van der Waals surface area contributed by atoms with Crippen LogP contribution in [-0.2, 0) is 22.6 Å². The summed E-state index contributed by atoms with van der Waals surface area (Å²) in [7, 11) is 0. The lowest BCUT2D eigenvalue weighted by Crippen LogP contribution is -2.24. The van der Waals surface area contributed by atoms with E-state index in [9.17, 15) is 14.9 Å². The monoisotopic (exact) mass is 432 g/mol. The minimum absolute atomic E-state index is 0.0101. The van der Waals surface area contributed by atoms with Crippen LogP contribution in [0, 0.1) is 31.1 Å². The molecule has 0 radical (unpaired) electrons. The minimum atomic E-state index is -0.0730. The van der Waals surface area contributed by atoms with E-state index < -0.39 is 0 Å². The van der Waals surface area contributed by atoms with Gasteiger partial charge in [-0.2, -0.15) is 10.4 Å². The normalized spacial score (nSPS) is 11.7. The first-order valence-corrected chi connectivity index (χ1v) is 10.7. The van der Waals surface area contributed by atoms with Crippen molar-refractivity contribution in [3.63, 3.8) is 0 Å². The third-order valence-corrected chi connectivity index (χ3v) is 5.68. The molecule has 1 unspecified atom stereocenters. The molecule has 2 N–H and O–H groups in total. The number of anilines is 1. The van der Waals surface area contributed by atoms with Crippen molar-refractivity contribution in [2.24, 2.45) is 5.92 Å². The van der Waals surface area contributed by atoms with Gasteiger partial charge in [-0.15, -0.1) is 0 Å². The number of nitrogens with zero attached hydrogens (tertiary/aromatic N) is 4. The molecule has 0 aliphatic heterocycles. The predicted molar refractivity (Wildman–Crippen MR) is 122 cm³/mol. The van der Waals surface area contributed by atoms with Gasteiger partial charge in [0.25, 0.3) is 0 Å². The van der Waals surface area contributed by atoms with Crippen LogP contribution in [0.25, 0.3) is 5.65 Å². The lowest BCUT2D eigenvalue weighted by Gasteiger charge is -2.12. The summed E-state index contributed by atoms with van der Waals surface area (Å²) in [6.07, 6.45) is 3.12. The quantitative estimate of drug-likeness (QED) is 0.566. The van der Waals surface area contributed by atoms with Crippen LogP contribution in [-0.4, -0.2) is 26.4 Å². The van der Waals surface area contributed by atoms with Gasteiger partial charge in [0, 0.05) is 36.0 Å². The third-order valence-electron chi connectivity index (χ3n) is 5.68. The highest BCUT2D eigenvalue weighted by Crippen LogP contribution is 2.18. The molecular weight excluding hydrogens is 404 g/mol. The van der Waals surface area contributed by atoms with Crippen molar-refractivity contribution < 1.29 is 9.59 Å². The van der Waals surface area contributed by atoms with E-state index in [4.69, 9.17) is 0 Å². The van der Waals surface area contributed by atoms with Crippen LogP contribution in [0.2, 0.25) is 0 Å². The Bertz CT molecular complexity index is 1190. The highest BCUT2D eigenvalue weighted by Gasteiger charge is 2.15. The summed E-state index contributed by atoms with van der Waals surface area (Å²) in [5.74, 6) is -0.132. The topological polar surface area (TPSA) is 112 Å². The van der Waals surface area contributed by atoms with Crippen molar-refractivity contribution in [1.82, 2.24) is 19.9 Å². The van der Waals surface area contributed by atoms with Gasteiger partial charge in [0.05, 0.1) is 6.20 Å². The molecule has 3 rings (SSSR count). The Morgan fingerprint density at radius 3 is 2.78 bits per heavy atom. The first-order chi connectivity index (χ1) is 15.3. The molecule has 2 aromatic heterocycles. The molecule has 0 bridgehead atoms. The second-order valence-electron chi connectivity index (χ2n) is 7.94. The van der Waals surface area contributed by atoms with Crippen molar-refractivity contribution in [3.8, 4) is 6.07 Å². The molecule has 8 nitrogen and oxygen atoms in total. The number of nitrogens with one attached hydrogen (secondary N) is 2. The summed E-state index contributed by atoms with van der Waals surface area (Å²) in [6, 6.07) is 9.58. The number of carbonyl (C=O) groups is 2. The van der Waals surface area contributed by atoms with Gasteiger partial charge in [0.15, 0.2) is 5.65 Å². The van der Waals surface area contributed by atoms with Crippen LogP contribution in [0.5, 0.6) is 0 Å². The van der Waals surface area contributed by atoms with E-state index in [2.05, 4.69) is 26.8 Å². The first kappa shape index (κ1) is 22.9. The van der Waals surface area contributed by atoms with Crippen LogP contribution in [0.3, 0.4) is 0 Å². The Kier molecular flexibility index (Phi) is 7.21. The number of fused-ring (bicyclic) bond motifs is 1. The average Bonchev–Trinajstić information content (AvgIpc) is 3.20. The minimum Gasteiger partial charge on any atom is -0.352 e. The molecule has 0 saturated carbocycles. The molecule has 0 saturated heterocycles. The molecule has 1 atom stereocenters. The SMILES string of the molecule is CCC(C)C(=O)Nc1cccc(CNC(=O)CCc2c(C)nc3c(C#N)cnn3c2C)c1. The highest BCUT2D eigenvalue weighted by molar-refractivity contribution is 5.92. The molecule has 166 valence electrons. The Morgan fingerprint density at radius 1 is 1.28 bits per heavy atom. The number of aryl methyl sites for hydroxylation is 2. The van der Waals surface area contributed by atoms with E-state index in [0.717, 1.165) is 34.6 Å². The fourth-order valence-electron chi connectivity index (χ4n) is 3.49. The van der Waals surface area contributed by atoms with Crippen LogP contribution >= 0.6 is 0 Å². The smallest absolute Gasteiger partial charge is 0.227 e. The van der Waals surface area contributed by atoms with Crippen LogP contribution in [0.4, 0.5) is 5.69 Å². The zero-order valence-corrected chi connectivity index (χ0v) is 18.9. The van der Waals surface area contributed by atoms with Crippen LogP contribution in [0.15, 0.2) is 30.5 Å². The van der Waals surface area contributed by atoms with Crippen molar-refractivity contribution in [2.45, 2.75) is 53.5 Å². The Labute approximate surface area is 187 Å². The average molecular weight is 433 g/mol. The molecule has 0 spiro atoms. The second-order valence-corrected chi connectivity index (χ2v) is 7.94. The number of amides is 2. The highest BCUT2D eigenvalue weighted by atomic mass is 16.2. The predicted octanol–water partition coefficient (Wildman–Crippen LogP) is 3.45. The Balaban J connectivity index is 1.59. The maximum absolute atomic E-state index is 12.5. The summed E-state index contributed by atoms with van der Waals surface area (Å²) in [4.78, 5) is 29.0. The Hall–Kier alpha value is -3.73. The number of rotatable bonds is 8. The standard InChI is InChI=1S/C24H28N6O2/c1-5-15(2)24(32)29-20-8-6-7-18(11-20)13-26-22(31)10-9-21-16(3)28-23-19(12-25)14-27-30(23)17(21)4/h6-8,11,14-15H,5,9-10,13H2,1-4H3,(H,26,31)(H,29,32). The van der Waals surface area contributed by atoms with Crippen molar-refractivity contribution in [1.29, 1.82) is 5.26 Å². The maximum atomic E-state index is 12.5. The third kappa shape index (κ3) is 5.11. The number of hydrogen-bond acceptors (Lipinski definition) is 5. The van der Waals surface area contributed by atoms with E-state index in [1.54, 1.807) is 4.52 Å². The molecule has 0 fully saturated rings. The Morgan fingerprint density at radius 2 is 2.06 bits per heavy atom. The van der Waals surface area contributed by atoms with Crippen LogP contribution in [0.1, 0.15) is 54.8 Å². The fourth-order valence-corrected chi connectivity index (χ4v) is 3.49. The molecule has 8 heteroatoms. The molecule has 32 heavy (non-hydrogen) atoms. The zero-order valence-electron chi connectivity index (χ0n) is 18.9. The molecule has 0 aliphatic rings. The van der Waals surface area contributed by atoms with E-state index >= 15 is 0 Å². The summed E-state index contributed by atoms with van der Waals surface area (Å²) in [6.45, 7) is 8.05. The maximum Gasteiger partial charge on any atom is 0.227 e. The van der Waals surface area contributed by atoms with Gasteiger partial charge in [-0.05, 0) is 49.9 Å². The van der Waals surface area contributed by atoms with Crippen molar-refractivity contribution >= 4 is 23.1 Å². The van der Waals surface area contributed by atoms with Gasteiger partial charge < -0.3 is 10.6 Å². The van der Waals surface area contributed by atoms with Crippen molar-refractivity contribution in [2.75, 3.05) is 5.32 Å². The van der Waals surface area contributed by atoms with E-state index in [1.165, 1.54) is 6.20 Å². The van der Waals surface area contributed by atoms with Gasteiger partial charge in [-0.3, -0.25) is 9.59 Å². The van der Waals surface area contributed by atoms with Gasteiger partial charge in [-0.25, -0.2) is 9.50 Å². The summed E-state index contributed by atoms with van der Waals surface area (Å²) in [5.41, 5.74) is 5.24. The lowest BCUT2D eigenvalue weighted by atomic mass is 10.1. The van der Waals surface area contributed by atoms with Crippen LogP contribution < -0.4 is 10.6 Å². The molecule has 2 amide bonds. The lowest BCUT2D eigenvalue weighted by molar-refractivity contribution is -0.121. The largest absolute Gasteiger partial charge is 0.352 e. The number of hydrogen-bond donors (Lipinski definition) is 2. The number of aromatic nitrogens is 3. The molecule has 0 aliphatic carbocycles. The second kappa shape index (κ2) is 10.1. The van der Waals surface area contributed by atoms with E-state index in [0.29, 0.717) is 30.6 Å².